The van der Waals surface area contributed by atoms with Crippen molar-refractivity contribution in [1.82, 2.24) is 14.9 Å². The molecule has 2 rings (SSSR count). The van der Waals surface area contributed by atoms with Crippen molar-refractivity contribution < 1.29 is 9.59 Å². The Bertz CT molecular complexity index is 710. The third kappa shape index (κ3) is 4.16. The van der Waals surface area contributed by atoms with E-state index in [2.05, 4.69) is 9.97 Å². The van der Waals surface area contributed by atoms with Crippen molar-refractivity contribution in [2.24, 2.45) is 5.73 Å². The van der Waals surface area contributed by atoms with Gasteiger partial charge in [-0.15, -0.1) is 0 Å². The van der Waals surface area contributed by atoms with Crippen LogP contribution in [0.2, 0.25) is 0 Å². The van der Waals surface area contributed by atoms with Crippen molar-refractivity contribution >= 4 is 11.8 Å². The van der Waals surface area contributed by atoms with Gasteiger partial charge >= 0.3 is 0 Å². The highest BCUT2D eigenvalue weighted by molar-refractivity contribution is 6.00. The molecule has 0 bridgehead atoms. The molecule has 2 N–H and O–H groups in total. The Morgan fingerprint density at radius 1 is 1.00 bits per heavy atom. The number of hydrogen-bond donors (Lipinski definition) is 1. The molecule has 6 heteroatoms. The maximum Gasteiger partial charge on any atom is 0.253 e. The zero-order valence-corrected chi connectivity index (χ0v) is 14.0. The van der Waals surface area contributed by atoms with E-state index < -0.39 is 5.91 Å². The van der Waals surface area contributed by atoms with Crippen LogP contribution in [0.3, 0.4) is 0 Å². The fourth-order valence-electron chi connectivity index (χ4n) is 2.51. The summed E-state index contributed by atoms with van der Waals surface area (Å²) in [5, 5.41) is 0. The third-order valence-electron chi connectivity index (χ3n) is 3.56. The van der Waals surface area contributed by atoms with Crippen LogP contribution in [-0.2, 0) is 0 Å². The molecule has 2 aromatic rings. The second kappa shape index (κ2) is 8.19. The highest BCUT2D eigenvalue weighted by Gasteiger charge is 2.18. The molecular formula is C18H22N4O2. The standard InChI is InChI=1S/C18H22N4O2/c1-3-8-22(9-4-2)18(24)15-11-13(16(19)23)10-14(12-15)17-20-6-5-7-21-17/h5-7,10-12H,3-4,8-9H2,1-2H3,(H2,19,23). The number of hydrogen-bond acceptors (Lipinski definition) is 4. The minimum atomic E-state index is -0.584. The van der Waals surface area contributed by atoms with E-state index in [4.69, 9.17) is 5.73 Å². The zero-order chi connectivity index (χ0) is 17.5. The number of rotatable bonds is 7. The monoisotopic (exact) mass is 326 g/mol. The van der Waals surface area contributed by atoms with Gasteiger partial charge in [0.25, 0.3) is 5.91 Å². The molecule has 24 heavy (non-hydrogen) atoms. The minimum absolute atomic E-state index is 0.112. The van der Waals surface area contributed by atoms with Gasteiger partial charge in [-0.2, -0.15) is 0 Å². The van der Waals surface area contributed by atoms with Gasteiger partial charge in [0.15, 0.2) is 5.82 Å². The lowest BCUT2D eigenvalue weighted by Crippen LogP contribution is -2.32. The van der Waals surface area contributed by atoms with E-state index in [-0.39, 0.29) is 11.5 Å². The number of nitrogens with two attached hydrogens (primary N) is 1. The lowest BCUT2D eigenvalue weighted by molar-refractivity contribution is 0.0755. The first-order valence-electron chi connectivity index (χ1n) is 8.08. The Morgan fingerprint density at radius 2 is 1.58 bits per heavy atom. The first-order chi connectivity index (χ1) is 11.6. The van der Waals surface area contributed by atoms with Gasteiger partial charge in [-0.1, -0.05) is 13.8 Å². The van der Waals surface area contributed by atoms with Crippen LogP contribution in [0, 0.1) is 0 Å². The molecule has 0 saturated carbocycles. The number of amides is 2. The Morgan fingerprint density at radius 3 is 2.12 bits per heavy atom. The first-order valence-corrected chi connectivity index (χ1v) is 8.08. The summed E-state index contributed by atoms with van der Waals surface area (Å²) in [6, 6.07) is 6.56. The summed E-state index contributed by atoms with van der Waals surface area (Å²) in [5.74, 6) is -0.245. The van der Waals surface area contributed by atoms with Crippen LogP contribution in [0.15, 0.2) is 36.7 Å². The van der Waals surface area contributed by atoms with Crippen LogP contribution in [0.5, 0.6) is 0 Å². The van der Waals surface area contributed by atoms with Crippen molar-refractivity contribution in [3.63, 3.8) is 0 Å². The fourth-order valence-corrected chi connectivity index (χ4v) is 2.51. The number of primary amides is 1. The molecule has 0 atom stereocenters. The smallest absolute Gasteiger partial charge is 0.253 e. The van der Waals surface area contributed by atoms with E-state index in [0.29, 0.717) is 30.0 Å². The fraction of sp³-hybridized carbons (Fsp3) is 0.333. The van der Waals surface area contributed by atoms with E-state index in [1.165, 1.54) is 6.07 Å². The van der Waals surface area contributed by atoms with Crippen LogP contribution in [0.4, 0.5) is 0 Å². The largest absolute Gasteiger partial charge is 0.366 e. The summed E-state index contributed by atoms with van der Waals surface area (Å²) in [4.78, 5) is 34.6. The van der Waals surface area contributed by atoms with Crippen molar-refractivity contribution in [2.45, 2.75) is 26.7 Å². The molecule has 1 aromatic heterocycles. The van der Waals surface area contributed by atoms with Crippen LogP contribution >= 0.6 is 0 Å². The minimum Gasteiger partial charge on any atom is -0.366 e. The van der Waals surface area contributed by atoms with Crippen molar-refractivity contribution in [2.75, 3.05) is 13.1 Å². The maximum atomic E-state index is 12.8. The molecule has 0 radical (unpaired) electrons. The molecule has 2 amide bonds. The summed E-state index contributed by atoms with van der Waals surface area (Å²) < 4.78 is 0. The predicted octanol–water partition coefficient (Wildman–Crippen LogP) is 2.50. The molecule has 0 aliphatic rings. The quantitative estimate of drug-likeness (QED) is 0.846. The molecule has 0 aliphatic heterocycles. The topological polar surface area (TPSA) is 89.2 Å². The molecule has 0 aliphatic carbocycles. The Hall–Kier alpha value is -2.76. The van der Waals surface area contributed by atoms with Gasteiger partial charge in [0.1, 0.15) is 0 Å². The van der Waals surface area contributed by atoms with Crippen molar-refractivity contribution in [3.05, 3.63) is 47.8 Å². The second-order valence-electron chi connectivity index (χ2n) is 5.53. The highest BCUT2D eigenvalue weighted by Crippen LogP contribution is 2.20. The lowest BCUT2D eigenvalue weighted by Gasteiger charge is -2.22. The third-order valence-corrected chi connectivity index (χ3v) is 3.56. The van der Waals surface area contributed by atoms with Crippen LogP contribution in [-0.4, -0.2) is 39.8 Å². The van der Waals surface area contributed by atoms with Gasteiger partial charge in [0.05, 0.1) is 0 Å². The number of carbonyl (C=O) groups is 2. The lowest BCUT2D eigenvalue weighted by atomic mass is 10.0. The van der Waals surface area contributed by atoms with E-state index >= 15 is 0 Å². The molecule has 126 valence electrons. The zero-order valence-electron chi connectivity index (χ0n) is 14.0. The molecule has 0 unspecified atom stereocenters. The van der Waals surface area contributed by atoms with Crippen LogP contribution < -0.4 is 5.73 Å². The van der Waals surface area contributed by atoms with Gasteiger partial charge in [0, 0.05) is 42.2 Å². The Labute approximate surface area is 141 Å². The van der Waals surface area contributed by atoms with E-state index in [1.54, 1.807) is 35.5 Å². The summed E-state index contributed by atoms with van der Waals surface area (Å²) in [6.45, 7) is 5.40. The maximum absolute atomic E-state index is 12.8. The van der Waals surface area contributed by atoms with E-state index in [1.807, 2.05) is 13.8 Å². The number of carbonyl (C=O) groups excluding carboxylic acids is 2. The summed E-state index contributed by atoms with van der Waals surface area (Å²) in [7, 11) is 0. The number of nitrogens with zero attached hydrogens (tertiary/aromatic N) is 3. The molecule has 1 aromatic carbocycles. The van der Waals surface area contributed by atoms with Crippen LogP contribution in [0.1, 0.15) is 47.4 Å². The average molecular weight is 326 g/mol. The Balaban J connectivity index is 2.47. The molecule has 1 heterocycles. The number of aromatic nitrogens is 2. The van der Waals surface area contributed by atoms with Crippen molar-refractivity contribution in [3.8, 4) is 11.4 Å². The van der Waals surface area contributed by atoms with E-state index in [9.17, 15) is 9.59 Å². The summed E-state index contributed by atoms with van der Waals surface area (Å²) in [6.07, 6.45) is 4.97. The summed E-state index contributed by atoms with van der Waals surface area (Å²) >= 11 is 0. The molecule has 0 fully saturated rings. The predicted molar refractivity (Wildman–Crippen MR) is 92.5 cm³/mol. The highest BCUT2D eigenvalue weighted by atomic mass is 16.2. The van der Waals surface area contributed by atoms with Crippen molar-refractivity contribution in [1.29, 1.82) is 0 Å². The van der Waals surface area contributed by atoms with Crippen LogP contribution in [0.25, 0.3) is 11.4 Å². The van der Waals surface area contributed by atoms with Gasteiger partial charge in [-0.05, 0) is 37.1 Å². The first kappa shape index (κ1) is 17.6. The number of benzene rings is 1. The molecule has 0 saturated heterocycles. The molecular weight excluding hydrogens is 304 g/mol. The molecule has 6 nitrogen and oxygen atoms in total. The summed E-state index contributed by atoms with van der Waals surface area (Å²) in [5.41, 5.74) is 6.72. The average Bonchev–Trinajstić information content (AvgIpc) is 2.61. The molecule has 0 spiro atoms. The Kier molecular flexibility index (Phi) is 6.01. The SMILES string of the molecule is CCCN(CCC)C(=O)c1cc(C(N)=O)cc(-c2ncccn2)c1. The second-order valence-corrected chi connectivity index (χ2v) is 5.53. The van der Waals surface area contributed by atoms with Gasteiger partial charge in [-0.3, -0.25) is 9.59 Å². The normalized spacial score (nSPS) is 10.4. The van der Waals surface area contributed by atoms with Gasteiger partial charge < -0.3 is 10.6 Å². The van der Waals surface area contributed by atoms with E-state index in [0.717, 1.165) is 12.8 Å². The van der Waals surface area contributed by atoms with Gasteiger partial charge in [0.2, 0.25) is 5.91 Å². The van der Waals surface area contributed by atoms with Gasteiger partial charge in [-0.25, -0.2) is 9.97 Å².